The van der Waals surface area contributed by atoms with Gasteiger partial charge in [-0.25, -0.2) is 8.42 Å². The highest BCUT2D eigenvalue weighted by Gasteiger charge is 2.25. The zero-order valence-electron chi connectivity index (χ0n) is 16.8. The maximum absolute atomic E-state index is 12.7. The molecule has 2 aromatic carbocycles. The van der Waals surface area contributed by atoms with E-state index in [2.05, 4.69) is 5.32 Å². The first-order chi connectivity index (χ1) is 13.3. The Morgan fingerprint density at radius 2 is 1.54 bits per heavy atom. The summed E-state index contributed by atoms with van der Waals surface area (Å²) in [5, 5.41) is 2.99. The number of aryl methyl sites for hydroxylation is 3. The molecule has 0 atom stereocenters. The molecule has 1 heterocycles. The molecule has 1 fully saturated rings. The van der Waals surface area contributed by atoms with Gasteiger partial charge in [0.2, 0.25) is 15.9 Å². The van der Waals surface area contributed by atoms with E-state index in [1.165, 1.54) is 5.56 Å². The van der Waals surface area contributed by atoms with Gasteiger partial charge in [-0.2, -0.15) is 4.31 Å². The Kier molecular flexibility index (Phi) is 6.20. The smallest absolute Gasteiger partial charge is 0.243 e. The lowest BCUT2D eigenvalue weighted by Crippen LogP contribution is -2.35. The van der Waals surface area contributed by atoms with Crippen LogP contribution in [-0.4, -0.2) is 31.7 Å². The van der Waals surface area contributed by atoms with E-state index in [1.807, 2.05) is 32.9 Å². The first-order valence-electron chi connectivity index (χ1n) is 9.74. The quantitative estimate of drug-likeness (QED) is 0.826. The molecule has 28 heavy (non-hydrogen) atoms. The van der Waals surface area contributed by atoms with Gasteiger partial charge in [0.05, 0.1) is 11.3 Å². The molecule has 0 radical (unpaired) electrons. The third-order valence-corrected chi connectivity index (χ3v) is 7.10. The standard InChI is InChI=1S/C22H28N2O3S/c1-16-13-17(2)22(18(3)14-16)23-21(25)15-19-7-9-20(10-8-19)28(26,27)24-11-5-4-6-12-24/h7-10,13-14H,4-6,11-12,15H2,1-3H3,(H,23,25). The number of benzene rings is 2. The molecule has 1 amide bonds. The third kappa shape index (κ3) is 4.62. The second kappa shape index (κ2) is 8.45. The van der Waals surface area contributed by atoms with Crippen molar-refractivity contribution in [3.63, 3.8) is 0 Å². The van der Waals surface area contributed by atoms with Gasteiger partial charge in [0, 0.05) is 18.8 Å². The van der Waals surface area contributed by atoms with Crippen LogP contribution in [0.3, 0.4) is 0 Å². The summed E-state index contributed by atoms with van der Waals surface area (Å²) < 4.78 is 27.0. The maximum atomic E-state index is 12.7. The van der Waals surface area contributed by atoms with Gasteiger partial charge in [-0.05, 0) is 62.4 Å². The first-order valence-corrected chi connectivity index (χ1v) is 11.2. The third-order valence-electron chi connectivity index (χ3n) is 5.18. The van der Waals surface area contributed by atoms with Crippen LogP contribution in [0, 0.1) is 20.8 Å². The number of nitrogens with zero attached hydrogens (tertiary/aromatic N) is 1. The number of piperidine rings is 1. The predicted molar refractivity (Wildman–Crippen MR) is 112 cm³/mol. The van der Waals surface area contributed by atoms with Crippen molar-refractivity contribution in [2.45, 2.75) is 51.3 Å². The number of carbonyl (C=O) groups is 1. The van der Waals surface area contributed by atoms with E-state index in [0.717, 1.165) is 41.6 Å². The van der Waals surface area contributed by atoms with Crippen LogP contribution in [0.25, 0.3) is 0 Å². The molecular weight excluding hydrogens is 372 g/mol. The van der Waals surface area contributed by atoms with Gasteiger partial charge in [-0.3, -0.25) is 4.79 Å². The summed E-state index contributed by atoms with van der Waals surface area (Å²) in [6.07, 6.45) is 3.11. The van der Waals surface area contributed by atoms with Crippen LogP contribution in [-0.2, 0) is 21.2 Å². The number of hydrogen-bond donors (Lipinski definition) is 1. The van der Waals surface area contributed by atoms with Gasteiger partial charge < -0.3 is 5.32 Å². The van der Waals surface area contributed by atoms with E-state index < -0.39 is 10.0 Å². The molecule has 0 spiro atoms. The molecule has 2 aromatic rings. The number of amides is 1. The molecule has 1 N–H and O–H groups in total. The molecule has 150 valence electrons. The minimum atomic E-state index is -3.44. The average molecular weight is 401 g/mol. The molecule has 1 aliphatic heterocycles. The van der Waals surface area contributed by atoms with Gasteiger partial charge in [0.15, 0.2) is 0 Å². The minimum Gasteiger partial charge on any atom is -0.325 e. The summed E-state index contributed by atoms with van der Waals surface area (Å²) in [6, 6.07) is 10.8. The van der Waals surface area contributed by atoms with E-state index in [9.17, 15) is 13.2 Å². The van der Waals surface area contributed by atoms with Crippen LogP contribution >= 0.6 is 0 Å². The van der Waals surface area contributed by atoms with E-state index >= 15 is 0 Å². The molecule has 5 nitrogen and oxygen atoms in total. The minimum absolute atomic E-state index is 0.110. The summed E-state index contributed by atoms with van der Waals surface area (Å²) in [5.41, 5.74) is 4.87. The van der Waals surface area contributed by atoms with Crippen LogP contribution in [0.2, 0.25) is 0 Å². The van der Waals surface area contributed by atoms with Crippen LogP contribution < -0.4 is 5.32 Å². The normalized spacial score (nSPS) is 15.4. The Morgan fingerprint density at radius 3 is 2.11 bits per heavy atom. The summed E-state index contributed by atoms with van der Waals surface area (Å²) in [6.45, 7) is 7.17. The van der Waals surface area contributed by atoms with Gasteiger partial charge in [-0.15, -0.1) is 0 Å². The predicted octanol–water partition coefficient (Wildman–Crippen LogP) is 3.97. The second-order valence-electron chi connectivity index (χ2n) is 7.61. The summed E-state index contributed by atoms with van der Waals surface area (Å²) in [4.78, 5) is 12.8. The van der Waals surface area contributed by atoms with E-state index in [4.69, 9.17) is 0 Å². The Bertz CT molecular complexity index is 937. The van der Waals surface area contributed by atoms with Gasteiger partial charge >= 0.3 is 0 Å². The van der Waals surface area contributed by atoms with Crippen molar-refractivity contribution >= 4 is 21.6 Å². The Hall–Kier alpha value is -2.18. The molecule has 0 saturated carbocycles. The van der Waals surface area contributed by atoms with E-state index in [0.29, 0.717) is 18.0 Å². The largest absolute Gasteiger partial charge is 0.325 e. The summed E-state index contributed by atoms with van der Waals surface area (Å²) >= 11 is 0. The maximum Gasteiger partial charge on any atom is 0.243 e. The monoisotopic (exact) mass is 400 g/mol. The fourth-order valence-corrected chi connectivity index (χ4v) is 5.30. The van der Waals surface area contributed by atoms with Crippen molar-refractivity contribution < 1.29 is 13.2 Å². The number of nitrogens with one attached hydrogen (secondary N) is 1. The molecule has 3 rings (SSSR count). The van der Waals surface area contributed by atoms with Crippen molar-refractivity contribution in [3.8, 4) is 0 Å². The van der Waals surface area contributed by atoms with Crippen LogP contribution in [0.5, 0.6) is 0 Å². The highest BCUT2D eigenvalue weighted by Crippen LogP contribution is 2.23. The molecule has 0 bridgehead atoms. The number of hydrogen-bond acceptors (Lipinski definition) is 3. The lowest BCUT2D eigenvalue weighted by atomic mass is 10.0. The average Bonchev–Trinajstić information content (AvgIpc) is 2.66. The number of rotatable bonds is 5. The fourth-order valence-electron chi connectivity index (χ4n) is 3.78. The molecule has 1 saturated heterocycles. The molecule has 0 aromatic heterocycles. The number of carbonyl (C=O) groups excluding carboxylic acids is 1. The Morgan fingerprint density at radius 1 is 0.964 bits per heavy atom. The zero-order valence-corrected chi connectivity index (χ0v) is 17.6. The van der Waals surface area contributed by atoms with E-state index in [-0.39, 0.29) is 12.3 Å². The van der Waals surface area contributed by atoms with Crippen molar-refractivity contribution in [1.29, 1.82) is 0 Å². The van der Waals surface area contributed by atoms with Crippen LogP contribution in [0.1, 0.15) is 41.5 Å². The lowest BCUT2D eigenvalue weighted by Gasteiger charge is -2.25. The van der Waals surface area contributed by atoms with Gasteiger partial charge in [0.25, 0.3) is 0 Å². The number of sulfonamides is 1. The molecule has 0 aliphatic carbocycles. The Balaban J connectivity index is 1.68. The van der Waals surface area contributed by atoms with Crippen molar-refractivity contribution in [3.05, 3.63) is 58.7 Å². The molecule has 1 aliphatic rings. The van der Waals surface area contributed by atoms with Crippen molar-refractivity contribution in [2.24, 2.45) is 0 Å². The highest BCUT2D eigenvalue weighted by molar-refractivity contribution is 7.89. The summed E-state index contributed by atoms with van der Waals surface area (Å²) in [5.74, 6) is -0.110. The van der Waals surface area contributed by atoms with Gasteiger partial charge in [0.1, 0.15) is 0 Å². The first kappa shape index (κ1) is 20.6. The second-order valence-corrected chi connectivity index (χ2v) is 9.55. The topological polar surface area (TPSA) is 66.5 Å². The van der Waals surface area contributed by atoms with Crippen molar-refractivity contribution in [1.82, 2.24) is 4.31 Å². The molecule has 0 unspecified atom stereocenters. The SMILES string of the molecule is Cc1cc(C)c(NC(=O)Cc2ccc(S(=O)(=O)N3CCCCC3)cc2)c(C)c1. The van der Waals surface area contributed by atoms with Crippen LogP contribution in [0.15, 0.2) is 41.3 Å². The van der Waals surface area contributed by atoms with Crippen LogP contribution in [0.4, 0.5) is 5.69 Å². The molecule has 6 heteroatoms. The fraction of sp³-hybridized carbons (Fsp3) is 0.409. The van der Waals surface area contributed by atoms with E-state index in [1.54, 1.807) is 28.6 Å². The van der Waals surface area contributed by atoms with Gasteiger partial charge in [-0.1, -0.05) is 36.2 Å². The highest BCUT2D eigenvalue weighted by atomic mass is 32.2. The lowest BCUT2D eigenvalue weighted by molar-refractivity contribution is -0.115. The zero-order chi connectivity index (χ0) is 20.3. The number of anilines is 1. The van der Waals surface area contributed by atoms with Crippen molar-refractivity contribution in [2.75, 3.05) is 18.4 Å². The summed E-state index contributed by atoms with van der Waals surface area (Å²) in [7, 11) is -3.44. The Labute approximate surface area is 167 Å². The molecular formula is C22H28N2O3S.